The molecular formula is C12H22ClN3O5. The largest absolute Gasteiger partial charge is 0.448 e. The molecule has 0 saturated heterocycles. The fraction of sp³-hybridized carbons (Fsp3) is 0.750. The van der Waals surface area contributed by atoms with Gasteiger partial charge >= 0.3 is 12.2 Å². The van der Waals surface area contributed by atoms with Crippen LogP contribution in [0.5, 0.6) is 0 Å². The molecule has 0 atom stereocenters. The van der Waals surface area contributed by atoms with Crippen LogP contribution >= 0.6 is 11.6 Å². The van der Waals surface area contributed by atoms with Crippen molar-refractivity contribution in [1.82, 2.24) is 16.0 Å². The summed E-state index contributed by atoms with van der Waals surface area (Å²) in [5, 5.41) is 7.25. The average Bonchev–Trinajstić information content (AvgIpc) is 2.37. The van der Waals surface area contributed by atoms with Gasteiger partial charge in [-0.15, -0.1) is 11.6 Å². The van der Waals surface area contributed by atoms with Gasteiger partial charge in [0.25, 0.3) is 0 Å². The number of nitrogens with one attached hydrogen (secondary N) is 3. The van der Waals surface area contributed by atoms with Gasteiger partial charge in [0.2, 0.25) is 5.91 Å². The van der Waals surface area contributed by atoms with Crippen LogP contribution in [0, 0.1) is 0 Å². The van der Waals surface area contributed by atoms with Crippen LogP contribution in [0.2, 0.25) is 0 Å². The number of ether oxygens (including phenoxy) is 2. The van der Waals surface area contributed by atoms with Gasteiger partial charge in [-0.25, -0.2) is 9.59 Å². The van der Waals surface area contributed by atoms with Crippen LogP contribution in [-0.2, 0) is 14.3 Å². The standard InChI is InChI=1S/C12H22ClN3O5/c1-12(2,3)21-11(19)16-8-9(17)14-5-6-15-10(18)20-7-4-13/h4-8H2,1-3H3,(H,14,17)(H,15,18)(H,16,19). The molecule has 0 aromatic heterocycles. The highest BCUT2D eigenvalue weighted by Gasteiger charge is 2.16. The van der Waals surface area contributed by atoms with Crippen molar-refractivity contribution in [3.63, 3.8) is 0 Å². The lowest BCUT2D eigenvalue weighted by molar-refractivity contribution is -0.120. The third-order valence-electron chi connectivity index (χ3n) is 1.82. The molecule has 0 bridgehead atoms. The maximum absolute atomic E-state index is 11.4. The zero-order chi connectivity index (χ0) is 16.3. The SMILES string of the molecule is CC(C)(C)OC(=O)NCC(=O)NCCNC(=O)OCCCl. The number of alkyl halides is 1. The summed E-state index contributed by atoms with van der Waals surface area (Å²) < 4.78 is 9.62. The molecule has 8 nitrogen and oxygen atoms in total. The van der Waals surface area contributed by atoms with E-state index < -0.39 is 23.7 Å². The van der Waals surface area contributed by atoms with E-state index in [2.05, 4.69) is 20.7 Å². The van der Waals surface area contributed by atoms with E-state index in [1.165, 1.54) is 0 Å². The number of hydrogen-bond acceptors (Lipinski definition) is 5. The first-order chi connectivity index (χ1) is 9.74. The number of carbonyl (C=O) groups is 3. The molecule has 0 saturated carbocycles. The third kappa shape index (κ3) is 13.1. The van der Waals surface area contributed by atoms with Gasteiger partial charge in [-0.05, 0) is 20.8 Å². The van der Waals surface area contributed by atoms with Crippen LogP contribution in [0.15, 0.2) is 0 Å². The van der Waals surface area contributed by atoms with Gasteiger partial charge in [0.1, 0.15) is 12.2 Å². The molecule has 0 aliphatic carbocycles. The van der Waals surface area contributed by atoms with Crippen LogP contribution in [-0.4, -0.2) is 55.8 Å². The van der Waals surface area contributed by atoms with Gasteiger partial charge < -0.3 is 25.4 Å². The van der Waals surface area contributed by atoms with E-state index in [9.17, 15) is 14.4 Å². The first-order valence-electron chi connectivity index (χ1n) is 6.44. The van der Waals surface area contributed by atoms with Crippen LogP contribution in [0.4, 0.5) is 9.59 Å². The summed E-state index contributed by atoms with van der Waals surface area (Å²) in [6, 6.07) is 0. The van der Waals surface area contributed by atoms with Crippen molar-refractivity contribution in [2.75, 3.05) is 32.1 Å². The van der Waals surface area contributed by atoms with Gasteiger partial charge in [-0.2, -0.15) is 0 Å². The van der Waals surface area contributed by atoms with Crippen molar-refractivity contribution in [3.8, 4) is 0 Å². The minimum Gasteiger partial charge on any atom is -0.448 e. The molecule has 0 radical (unpaired) electrons. The Balaban J connectivity index is 3.63. The third-order valence-corrected chi connectivity index (χ3v) is 1.97. The molecule has 0 rings (SSSR count). The highest BCUT2D eigenvalue weighted by atomic mass is 35.5. The molecule has 122 valence electrons. The van der Waals surface area contributed by atoms with Gasteiger partial charge in [-0.3, -0.25) is 4.79 Å². The number of hydrogen-bond donors (Lipinski definition) is 3. The second-order valence-corrected chi connectivity index (χ2v) is 5.34. The molecule has 21 heavy (non-hydrogen) atoms. The predicted octanol–water partition coefficient (Wildman–Crippen LogP) is 0.592. The van der Waals surface area contributed by atoms with Crippen molar-refractivity contribution in [2.45, 2.75) is 26.4 Å². The normalized spacial score (nSPS) is 10.5. The Morgan fingerprint density at radius 2 is 1.62 bits per heavy atom. The van der Waals surface area contributed by atoms with Crippen LogP contribution < -0.4 is 16.0 Å². The maximum Gasteiger partial charge on any atom is 0.408 e. The summed E-state index contributed by atoms with van der Waals surface area (Å²) >= 11 is 5.34. The van der Waals surface area contributed by atoms with Crippen LogP contribution in [0.3, 0.4) is 0 Å². The predicted molar refractivity (Wildman–Crippen MR) is 77.3 cm³/mol. The van der Waals surface area contributed by atoms with E-state index in [0.29, 0.717) is 0 Å². The lowest BCUT2D eigenvalue weighted by Crippen LogP contribution is -2.42. The Morgan fingerprint density at radius 3 is 2.19 bits per heavy atom. The maximum atomic E-state index is 11.4. The topological polar surface area (TPSA) is 106 Å². The molecule has 0 unspecified atom stereocenters. The van der Waals surface area contributed by atoms with E-state index in [0.717, 1.165) is 0 Å². The monoisotopic (exact) mass is 323 g/mol. The minimum absolute atomic E-state index is 0.125. The molecule has 0 aromatic carbocycles. The highest BCUT2D eigenvalue weighted by Crippen LogP contribution is 2.05. The molecule has 9 heteroatoms. The van der Waals surface area contributed by atoms with Crippen LogP contribution in [0.1, 0.15) is 20.8 Å². The van der Waals surface area contributed by atoms with Gasteiger partial charge in [-0.1, -0.05) is 0 Å². The molecule has 0 aromatic rings. The van der Waals surface area contributed by atoms with Crippen molar-refractivity contribution >= 4 is 29.7 Å². The summed E-state index contributed by atoms with van der Waals surface area (Å²) in [4.78, 5) is 33.7. The Kier molecular flexibility index (Phi) is 9.27. The fourth-order valence-electron chi connectivity index (χ4n) is 1.08. The lowest BCUT2D eigenvalue weighted by Gasteiger charge is -2.19. The molecule has 3 N–H and O–H groups in total. The van der Waals surface area contributed by atoms with Gasteiger partial charge in [0.15, 0.2) is 0 Å². The van der Waals surface area contributed by atoms with E-state index in [1.807, 2.05) is 0 Å². The Hall–Kier alpha value is -1.70. The van der Waals surface area contributed by atoms with Crippen molar-refractivity contribution in [2.24, 2.45) is 0 Å². The van der Waals surface area contributed by atoms with Crippen LogP contribution in [0.25, 0.3) is 0 Å². The molecule has 0 aliphatic rings. The second kappa shape index (κ2) is 10.1. The number of rotatable bonds is 7. The fourth-order valence-corrected chi connectivity index (χ4v) is 1.16. The number of halogens is 1. The molecule has 0 fully saturated rings. The average molecular weight is 324 g/mol. The zero-order valence-corrected chi connectivity index (χ0v) is 13.2. The lowest BCUT2D eigenvalue weighted by atomic mass is 10.2. The van der Waals surface area contributed by atoms with Crippen molar-refractivity contribution in [3.05, 3.63) is 0 Å². The van der Waals surface area contributed by atoms with Gasteiger partial charge in [0.05, 0.1) is 12.4 Å². The highest BCUT2D eigenvalue weighted by molar-refractivity contribution is 6.18. The number of amides is 3. The Morgan fingerprint density at radius 1 is 1.00 bits per heavy atom. The summed E-state index contributed by atoms with van der Waals surface area (Å²) in [7, 11) is 0. The smallest absolute Gasteiger partial charge is 0.408 e. The first-order valence-corrected chi connectivity index (χ1v) is 6.98. The quantitative estimate of drug-likeness (QED) is 0.470. The van der Waals surface area contributed by atoms with E-state index >= 15 is 0 Å². The molecule has 0 spiro atoms. The first kappa shape index (κ1) is 19.3. The van der Waals surface area contributed by atoms with Crippen molar-refractivity contribution in [1.29, 1.82) is 0 Å². The van der Waals surface area contributed by atoms with E-state index in [-0.39, 0.29) is 32.1 Å². The molecule has 3 amide bonds. The molecular weight excluding hydrogens is 302 g/mol. The Labute approximate surface area is 128 Å². The van der Waals surface area contributed by atoms with Crippen molar-refractivity contribution < 1.29 is 23.9 Å². The molecule has 0 heterocycles. The number of alkyl carbamates (subject to hydrolysis) is 2. The second-order valence-electron chi connectivity index (χ2n) is 4.96. The zero-order valence-electron chi connectivity index (χ0n) is 12.5. The Bertz CT molecular complexity index is 357. The minimum atomic E-state index is -0.666. The number of carbonyl (C=O) groups excluding carboxylic acids is 3. The van der Waals surface area contributed by atoms with E-state index in [4.69, 9.17) is 16.3 Å². The van der Waals surface area contributed by atoms with E-state index in [1.54, 1.807) is 20.8 Å². The summed E-state index contributed by atoms with van der Waals surface area (Å²) in [6.45, 7) is 5.51. The molecule has 0 aliphatic heterocycles. The summed E-state index contributed by atoms with van der Waals surface area (Å²) in [5.41, 5.74) is -0.617. The van der Waals surface area contributed by atoms with Gasteiger partial charge in [0, 0.05) is 13.1 Å². The summed E-state index contributed by atoms with van der Waals surface area (Å²) in [5.74, 6) is -0.169. The summed E-state index contributed by atoms with van der Waals surface area (Å²) in [6.07, 6.45) is -1.27.